The van der Waals surface area contributed by atoms with E-state index in [2.05, 4.69) is 45.0 Å². The summed E-state index contributed by atoms with van der Waals surface area (Å²) in [5, 5.41) is 1.94. The largest absolute Gasteiger partial charge is 0.558 e. The zero-order valence-corrected chi connectivity index (χ0v) is 27.5. The van der Waals surface area contributed by atoms with Crippen molar-refractivity contribution < 1.29 is 36.6 Å². The molecule has 0 N–H and O–H groups in total. The van der Waals surface area contributed by atoms with Crippen LogP contribution in [0.3, 0.4) is 0 Å². The highest BCUT2D eigenvalue weighted by molar-refractivity contribution is 6.99. The first kappa shape index (κ1) is 35.1. The summed E-state index contributed by atoms with van der Waals surface area (Å²) in [5.74, 6) is -1.55. The van der Waals surface area contributed by atoms with Gasteiger partial charge in [0, 0.05) is 13.2 Å². The van der Waals surface area contributed by atoms with E-state index in [9.17, 15) is 18.0 Å². The number of rotatable bonds is 15. The van der Waals surface area contributed by atoms with Crippen LogP contribution >= 0.6 is 0 Å². The molecule has 0 bridgehead atoms. The van der Waals surface area contributed by atoms with Crippen LogP contribution in [-0.4, -0.2) is 45.9 Å². The maximum absolute atomic E-state index is 14.8. The maximum atomic E-state index is 14.8. The molecule has 245 valence electrons. The normalized spacial score (nSPS) is 13.6. The van der Waals surface area contributed by atoms with Gasteiger partial charge in [0.2, 0.25) is 0 Å². The lowest BCUT2D eigenvalue weighted by Gasteiger charge is -2.55. The highest BCUT2D eigenvalue weighted by Crippen LogP contribution is 2.38. The summed E-state index contributed by atoms with van der Waals surface area (Å²) in [6, 6.07) is 37.0. The zero-order valence-electron chi connectivity index (χ0n) is 26.5. The molecule has 0 spiro atoms. The van der Waals surface area contributed by atoms with E-state index in [1.165, 1.54) is 0 Å². The molecule has 0 aliphatic heterocycles. The molecule has 5 nitrogen and oxygen atoms in total. The predicted molar refractivity (Wildman–Crippen MR) is 175 cm³/mol. The van der Waals surface area contributed by atoms with Crippen molar-refractivity contribution in [2.75, 3.05) is 19.8 Å². The highest BCUT2D eigenvalue weighted by atomic mass is 28.4. The molecule has 4 aromatic carbocycles. The molecule has 0 aliphatic rings. The molecular weight excluding hydrogens is 609 g/mol. The van der Waals surface area contributed by atoms with Crippen molar-refractivity contribution in [1.82, 2.24) is 0 Å². The zero-order chi connectivity index (χ0) is 33.1. The molecule has 0 saturated heterocycles. The van der Waals surface area contributed by atoms with Gasteiger partial charge in [0.15, 0.2) is 0 Å². The van der Waals surface area contributed by atoms with Crippen molar-refractivity contribution in [1.29, 1.82) is 0 Å². The van der Waals surface area contributed by atoms with Crippen molar-refractivity contribution in [2.45, 2.75) is 57.2 Å². The molecule has 0 saturated carbocycles. The Morgan fingerprint density at radius 3 is 1.57 bits per heavy atom. The van der Waals surface area contributed by atoms with Crippen molar-refractivity contribution >= 4 is 24.7 Å². The van der Waals surface area contributed by atoms with Crippen LogP contribution in [0.2, 0.25) is 5.04 Å². The van der Waals surface area contributed by atoms with Gasteiger partial charge in [-0.15, -0.1) is 5.04 Å². The molecule has 0 fully saturated rings. The van der Waals surface area contributed by atoms with E-state index in [-0.39, 0.29) is 24.9 Å². The molecule has 4 rings (SSSR count). The van der Waals surface area contributed by atoms with Gasteiger partial charge in [-0.2, -0.15) is 23.5 Å². The number of esters is 1. The SMILES string of the molecule is CC(C)(C)[Si-](OCCCOCC(OCc1ccccc1)(C(=O)OCc1ccccc1)C(F)(F)F)(c1ccccc1)c1ccccc1. The first-order valence-corrected chi connectivity index (χ1v) is 17.2. The lowest BCUT2D eigenvalue weighted by Crippen LogP contribution is -2.66. The Hall–Kier alpha value is -3.76. The third-order valence-electron chi connectivity index (χ3n) is 7.80. The number of ether oxygens (including phenoxy) is 3. The minimum Gasteiger partial charge on any atom is -0.558 e. The van der Waals surface area contributed by atoms with Crippen LogP contribution in [0.5, 0.6) is 0 Å². The number of halogens is 3. The molecular formula is C37H41F3O5Si-. The summed E-state index contributed by atoms with van der Waals surface area (Å²) in [4.78, 5) is 13.2. The fourth-order valence-electron chi connectivity index (χ4n) is 5.42. The standard InChI is InChI=1S/C37H41F3O5Si/c1-35(2,3)46(32-21-12-6-13-22-32,33-23-14-7-15-24-33)45-26-16-25-42-29-36(37(38,39)40,44-28-31-19-10-5-11-20-31)34(41)43-27-30-17-8-4-9-18-30/h4-15,17-24H,16,25-29H2,1-3H3/q-1. The minimum absolute atomic E-state index is 0.0866. The molecule has 0 amide bonds. The van der Waals surface area contributed by atoms with E-state index in [0.29, 0.717) is 17.5 Å². The molecule has 1 atom stereocenters. The van der Waals surface area contributed by atoms with Crippen LogP contribution in [0.4, 0.5) is 13.2 Å². The molecule has 9 heteroatoms. The second-order valence-electron chi connectivity index (χ2n) is 12.1. The highest BCUT2D eigenvalue weighted by Gasteiger charge is 2.63. The third-order valence-corrected chi connectivity index (χ3v) is 12.8. The van der Waals surface area contributed by atoms with Crippen molar-refractivity contribution in [3.63, 3.8) is 0 Å². The summed E-state index contributed by atoms with van der Waals surface area (Å²) >= 11 is 0. The van der Waals surface area contributed by atoms with Gasteiger partial charge in [-0.05, 0) is 17.5 Å². The summed E-state index contributed by atoms with van der Waals surface area (Å²) in [6.07, 6.45) is -4.81. The summed E-state index contributed by atoms with van der Waals surface area (Å²) < 4.78 is 67.3. The third kappa shape index (κ3) is 8.33. The number of alkyl halides is 3. The van der Waals surface area contributed by atoms with Gasteiger partial charge in [0.25, 0.3) is 5.60 Å². The molecule has 1 unspecified atom stereocenters. The van der Waals surface area contributed by atoms with Gasteiger partial charge in [-0.3, -0.25) is 0 Å². The molecule has 0 aromatic heterocycles. The minimum atomic E-state index is -5.11. The number of carbonyl (C=O) groups is 1. The van der Waals surface area contributed by atoms with E-state index in [4.69, 9.17) is 18.6 Å². The number of carbonyl (C=O) groups excluding carboxylic acids is 1. The average Bonchev–Trinajstić information content (AvgIpc) is 3.05. The van der Waals surface area contributed by atoms with E-state index in [1.54, 1.807) is 60.7 Å². The Labute approximate surface area is 270 Å². The second-order valence-corrected chi connectivity index (χ2v) is 16.4. The summed E-state index contributed by atoms with van der Waals surface area (Å²) in [5.41, 5.74) is -2.29. The summed E-state index contributed by atoms with van der Waals surface area (Å²) in [6.45, 7) is 4.76. The number of benzene rings is 4. The first-order valence-electron chi connectivity index (χ1n) is 15.3. The number of hydrogen-bond donors (Lipinski definition) is 0. The maximum Gasteiger partial charge on any atom is 0.430 e. The van der Waals surface area contributed by atoms with Crippen molar-refractivity contribution in [3.8, 4) is 0 Å². The van der Waals surface area contributed by atoms with Gasteiger partial charge in [0.05, 0.1) is 21.5 Å². The van der Waals surface area contributed by atoms with E-state index < -0.39 is 39.3 Å². The molecule has 0 radical (unpaired) electrons. The molecule has 4 aromatic rings. The fraction of sp³-hybridized carbons (Fsp3) is 0.324. The summed E-state index contributed by atoms with van der Waals surface area (Å²) in [7, 11) is -2.82. The first-order chi connectivity index (χ1) is 22.0. The van der Waals surface area contributed by atoms with E-state index in [0.717, 1.165) is 10.4 Å². The van der Waals surface area contributed by atoms with E-state index >= 15 is 0 Å². The average molecular weight is 651 g/mol. The number of hydrogen-bond acceptors (Lipinski definition) is 5. The van der Waals surface area contributed by atoms with Gasteiger partial charge in [0.1, 0.15) is 6.61 Å². The van der Waals surface area contributed by atoms with Crippen LogP contribution in [0.15, 0.2) is 121 Å². The van der Waals surface area contributed by atoms with Crippen molar-refractivity contribution in [2.24, 2.45) is 0 Å². The molecule has 0 aliphatic carbocycles. The van der Waals surface area contributed by atoms with Crippen LogP contribution in [0.1, 0.15) is 38.3 Å². The van der Waals surface area contributed by atoms with Gasteiger partial charge >= 0.3 is 12.1 Å². The van der Waals surface area contributed by atoms with Gasteiger partial charge < -0.3 is 18.6 Å². The van der Waals surface area contributed by atoms with Gasteiger partial charge in [-0.25, -0.2) is 4.79 Å². The van der Waals surface area contributed by atoms with Crippen LogP contribution in [0, 0.1) is 0 Å². The lowest BCUT2D eigenvalue weighted by molar-refractivity contribution is -0.293. The monoisotopic (exact) mass is 650 g/mol. The smallest absolute Gasteiger partial charge is 0.430 e. The second kappa shape index (κ2) is 15.7. The molecule has 46 heavy (non-hydrogen) atoms. The van der Waals surface area contributed by atoms with Gasteiger partial charge in [-0.1, -0.05) is 142 Å². The van der Waals surface area contributed by atoms with Crippen molar-refractivity contribution in [3.05, 3.63) is 132 Å². The Morgan fingerprint density at radius 2 is 1.11 bits per heavy atom. The van der Waals surface area contributed by atoms with Crippen LogP contribution < -0.4 is 10.4 Å². The lowest BCUT2D eigenvalue weighted by atomic mass is 10.0. The predicted octanol–water partition coefficient (Wildman–Crippen LogP) is 7.23. The van der Waals surface area contributed by atoms with Crippen LogP contribution in [0.25, 0.3) is 0 Å². The Kier molecular flexibility index (Phi) is 12.0. The Balaban J connectivity index is 1.49. The van der Waals surface area contributed by atoms with Crippen LogP contribution in [-0.2, 0) is 36.6 Å². The Morgan fingerprint density at radius 1 is 0.652 bits per heavy atom. The topological polar surface area (TPSA) is 54.0 Å². The molecule has 0 heterocycles. The van der Waals surface area contributed by atoms with E-state index in [1.807, 2.05) is 36.4 Å². The quantitative estimate of drug-likeness (QED) is 0.0772. The fourth-order valence-corrected chi connectivity index (χ4v) is 10.0. The Bertz CT molecular complexity index is 1440.